The van der Waals surface area contributed by atoms with Gasteiger partial charge < -0.3 is 50.5 Å². The molecular formula is C34H65NO10. The molecular weight excluding hydrogens is 582 g/mol. The van der Waals surface area contributed by atoms with Gasteiger partial charge in [-0.05, 0) is 32.1 Å². The van der Waals surface area contributed by atoms with Crippen molar-refractivity contribution in [3.8, 4) is 0 Å². The lowest BCUT2D eigenvalue weighted by Crippen LogP contribution is -2.60. The number of rotatable bonds is 27. The van der Waals surface area contributed by atoms with E-state index >= 15 is 0 Å². The number of unbranched alkanes of at least 4 members (excludes halogenated alkanes) is 13. The molecule has 0 spiro atoms. The fourth-order valence-electron chi connectivity index (χ4n) is 5.50. The Labute approximate surface area is 271 Å². The van der Waals surface area contributed by atoms with Crippen LogP contribution in [0.2, 0.25) is 0 Å². The Hall–Kier alpha value is -1.15. The molecule has 45 heavy (non-hydrogen) atoms. The largest absolute Gasteiger partial charge is 0.394 e. The predicted molar refractivity (Wildman–Crippen MR) is 173 cm³/mol. The zero-order chi connectivity index (χ0) is 33.5. The van der Waals surface area contributed by atoms with Crippen molar-refractivity contribution >= 4 is 5.91 Å². The quantitative estimate of drug-likeness (QED) is 0.0486. The van der Waals surface area contributed by atoms with E-state index in [0.29, 0.717) is 12.8 Å². The summed E-state index contributed by atoms with van der Waals surface area (Å²) in [6.07, 6.45) is 10.4. The summed E-state index contributed by atoms with van der Waals surface area (Å²) in [5.41, 5.74) is 0. The Morgan fingerprint density at radius 2 is 1.33 bits per heavy atom. The predicted octanol–water partition coefficient (Wildman–Crippen LogP) is 2.99. The van der Waals surface area contributed by atoms with Gasteiger partial charge in [-0.3, -0.25) is 4.79 Å². The first-order valence-corrected chi connectivity index (χ1v) is 17.6. The van der Waals surface area contributed by atoms with Crippen LogP contribution in [0.3, 0.4) is 0 Å². The van der Waals surface area contributed by atoms with Crippen LogP contribution in [0.5, 0.6) is 0 Å². The number of nitrogens with one attached hydrogen (secondary N) is 1. The van der Waals surface area contributed by atoms with Gasteiger partial charge in [0.15, 0.2) is 6.29 Å². The Morgan fingerprint density at radius 1 is 0.756 bits per heavy atom. The second kappa shape index (κ2) is 25.9. The zero-order valence-electron chi connectivity index (χ0n) is 27.8. The fourth-order valence-corrected chi connectivity index (χ4v) is 5.50. The fraction of sp³-hybridized carbons (Fsp3) is 0.912. The topological polar surface area (TPSA) is 189 Å². The van der Waals surface area contributed by atoms with Gasteiger partial charge in [0.2, 0.25) is 5.91 Å². The van der Waals surface area contributed by atoms with Gasteiger partial charge in [-0.15, -0.1) is 0 Å². The van der Waals surface area contributed by atoms with Crippen LogP contribution in [0.25, 0.3) is 0 Å². The molecule has 1 saturated heterocycles. The van der Waals surface area contributed by atoms with Crippen molar-refractivity contribution in [1.82, 2.24) is 5.32 Å². The first kappa shape index (κ1) is 41.9. The minimum absolute atomic E-state index is 0.255. The second-order valence-electron chi connectivity index (χ2n) is 12.6. The third-order valence-electron chi connectivity index (χ3n) is 8.55. The lowest BCUT2D eigenvalue weighted by Gasteiger charge is -2.40. The molecule has 0 aliphatic carbocycles. The third-order valence-corrected chi connectivity index (χ3v) is 8.55. The van der Waals surface area contributed by atoms with Crippen LogP contribution in [-0.4, -0.2) is 110 Å². The standard InChI is InChI=1S/C34H65NO10/c1-3-5-7-9-11-12-13-14-15-16-18-20-22-27(38)33(43)35-25(29(39)26(37)21-19-17-10-8-6-4-2)24-44-34-32(42)31(41)30(40)28(23-36)45-34/h8,10,25-32,34,36-42H,3-7,9,11-24H2,1-2H3,(H,35,43)/b10-8+. The van der Waals surface area contributed by atoms with Crippen molar-refractivity contribution in [3.63, 3.8) is 0 Å². The Bertz CT molecular complexity index is 754. The normalized spacial score (nSPS) is 24.9. The van der Waals surface area contributed by atoms with Crippen molar-refractivity contribution in [2.75, 3.05) is 13.2 Å². The van der Waals surface area contributed by atoms with E-state index in [4.69, 9.17) is 9.47 Å². The Morgan fingerprint density at radius 3 is 1.91 bits per heavy atom. The molecule has 11 heteroatoms. The lowest BCUT2D eigenvalue weighted by molar-refractivity contribution is -0.303. The first-order chi connectivity index (χ1) is 21.7. The van der Waals surface area contributed by atoms with Gasteiger partial charge in [-0.2, -0.15) is 0 Å². The van der Waals surface area contributed by atoms with Gasteiger partial charge in [-0.25, -0.2) is 0 Å². The van der Waals surface area contributed by atoms with Crippen LogP contribution in [0.1, 0.15) is 129 Å². The SMILES string of the molecule is CCC/C=C/CCCC(O)C(O)C(COC1OC(CO)C(O)C(O)C1O)NC(=O)C(O)CCCCCCCCCCCCCC. The van der Waals surface area contributed by atoms with Gasteiger partial charge in [0.25, 0.3) is 0 Å². The number of hydrogen-bond acceptors (Lipinski definition) is 10. The maximum absolute atomic E-state index is 12.9. The summed E-state index contributed by atoms with van der Waals surface area (Å²) < 4.78 is 10.9. The number of ether oxygens (including phenoxy) is 2. The summed E-state index contributed by atoms with van der Waals surface area (Å²) in [4.78, 5) is 12.9. The summed E-state index contributed by atoms with van der Waals surface area (Å²) in [6.45, 7) is 3.24. The number of hydrogen-bond donors (Lipinski definition) is 8. The zero-order valence-corrected chi connectivity index (χ0v) is 27.8. The van der Waals surface area contributed by atoms with Crippen LogP contribution < -0.4 is 5.32 Å². The van der Waals surface area contributed by atoms with E-state index in [1.54, 1.807) is 0 Å². The molecule has 1 rings (SSSR count). The van der Waals surface area contributed by atoms with Crippen molar-refractivity contribution in [1.29, 1.82) is 0 Å². The van der Waals surface area contributed by atoms with Crippen molar-refractivity contribution in [2.45, 2.75) is 184 Å². The summed E-state index contributed by atoms with van der Waals surface area (Å²) in [6, 6.07) is -1.17. The van der Waals surface area contributed by atoms with Gasteiger partial charge in [-0.1, -0.05) is 109 Å². The van der Waals surface area contributed by atoms with E-state index in [0.717, 1.165) is 38.5 Å². The van der Waals surface area contributed by atoms with Gasteiger partial charge >= 0.3 is 0 Å². The van der Waals surface area contributed by atoms with Crippen LogP contribution in [0.4, 0.5) is 0 Å². The highest BCUT2D eigenvalue weighted by molar-refractivity contribution is 5.80. The number of amides is 1. The summed E-state index contributed by atoms with van der Waals surface area (Å²) in [5, 5.41) is 74.6. The van der Waals surface area contributed by atoms with Crippen LogP contribution in [-0.2, 0) is 14.3 Å². The third kappa shape index (κ3) is 17.5. The molecule has 9 atom stereocenters. The molecule has 8 N–H and O–H groups in total. The summed E-state index contributed by atoms with van der Waals surface area (Å²) in [7, 11) is 0. The minimum atomic E-state index is -1.66. The average molecular weight is 648 g/mol. The molecule has 0 saturated carbocycles. The van der Waals surface area contributed by atoms with E-state index in [9.17, 15) is 40.5 Å². The summed E-state index contributed by atoms with van der Waals surface area (Å²) >= 11 is 0. The van der Waals surface area contributed by atoms with Crippen LogP contribution in [0, 0.1) is 0 Å². The van der Waals surface area contributed by atoms with Gasteiger partial charge in [0.05, 0.1) is 25.4 Å². The van der Waals surface area contributed by atoms with Crippen LogP contribution in [0.15, 0.2) is 12.2 Å². The molecule has 9 unspecified atom stereocenters. The lowest BCUT2D eigenvalue weighted by atomic mass is 9.98. The highest BCUT2D eigenvalue weighted by Gasteiger charge is 2.44. The highest BCUT2D eigenvalue weighted by Crippen LogP contribution is 2.23. The molecule has 0 aromatic carbocycles. The molecule has 1 heterocycles. The molecule has 0 aromatic heterocycles. The Balaban J connectivity index is 2.59. The van der Waals surface area contributed by atoms with Gasteiger partial charge in [0.1, 0.15) is 36.6 Å². The van der Waals surface area contributed by atoms with E-state index < -0.39 is 74.2 Å². The van der Waals surface area contributed by atoms with Crippen molar-refractivity contribution in [3.05, 3.63) is 12.2 Å². The van der Waals surface area contributed by atoms with Crippen molar-refractivity contribution in [2.24, 2.45) is 0 Å². The number of allylic oxidation sites excluding steroid dienone is 2. The molecule has 1 aliphatic heterocycles. The average Bonchev–Trinajstić information content (AvgIpc) is 3.04. The maximum atomic E-state index is 12.9. The molecule has 1 aliphatic rings. The molecule has 11 nitrogen and oxygen atoms in total. The first-order valence-electron chi connectivity index (χ1n) is 17.6. The number of aliphatic hydroxyl groups excluding tert-OH is 7. The smallest absolute Gasteiger partial charge is 0.249 e. The minimum Gasteiger partial charge on any atom is -0.394 e. The molecule has 1 fully saturated rings. The van der Waals surface area contributed by atoms with E-state index in [2.05, 4.69) is 25.2 Å². The van der Waals surface area contributed by atoms with E-state index in [1.807, 2.05) is 6.08 Å². The number of carbonyl (C=O) groups excluding carboxylic acids is 1. The van der Waals surface area contributed by atoms with E-state index in [1.165, 1.54) is 51.4 Å². The molecule has 266 valence electrons. The molecule has 1 amide bonds. The number of carbonyl (C=O) groups is 1. The molecule has 0 radical (unpaired) electrons. The second-order valence-corrected chi connectivity index (χ2v) is 12.6. The number of aliphatic hydroxyl groups is 7. The monoisotopic (exact) mass is 647 g/mol. The molecule has 0 aromatic rings. The summed E-state index contributed by atoms with van der Waals surface area (Å²) in [5.74, 6) is -0.714. The maximum Gasteiger partial charge on any atom is 0.249 e. The Kier molecular flexibility index (Phi) is 24.1. The van der Waals surface area contributed by atoms with Crippen LogP contribution >= 0.6 is 0 Å². The molecule has 0 bridgehead atoms. The van der Waals surface area contributed by atoms with E-state index in [-0.39, 0.29) is 12.8 Å². The highest BCUT2D eigenvalue weighted by atomic mass is 16.7. The van der Waals surface area contributed by atoms with Crippen molar-refractivity contribution < 1.29 is 50.0 Å². The van der Waals surface area contributed by atoms with Gasteiger partial charge in [0, 0.05) is 0 Å².